The molecule has 1 aromatic heterocycles. The normalized spacial score (nSPS) is 11.2. The maximum atomic E-state index is 11.9. The minimum Gasteiger partial charge on any atom is -0.326 e. The smallest absolute Gasteiger partial charge is 0.238 e. The van der Waals surface area contributed by atoms with E-state index in [9.17, 15) is 8.42 Å². The number of nitrogens with one attached hydrogen (secondary N) is 1. The lowest BCUT2D eigenvalue weighted by molar-refractivity contribution is 0.600. The van der Waals surface area contributed by atoms with Crippen molar-refractivity contribution in [2.24, 2.45) is 5.73 Å². The molecule has 0 bridgehead atoms. The average Bonchev–Trinajstić information content (AvgIpc) is 2.39. The molecule has 5 nitrogen and oxygen atoms in total. The minimum absolute atomic E-state index is 0.0752. The van der Waals surface area contributed by atoms with Crippen LogP contribution in [0.5, 0.6) is 0 Å². The number of pyridine rings is 1. The van der Waals surface area contributed by atoms with E-state index >= 15 is 0 Å². The highest BCUT2D eigenvalue weighted by Gasteiger charge is 2.12. The second-order valence-electron chi connectivity index (χ2n) is 4.10. The van der Waals surface area contributed by atoms with Crippen LogP contribution in [0.1, 0.15) is 11.1 Å². The second kappa shape index (κ2) is 5.81. The van der Waals surface area contributed by atoms with Crippen LogP contribution >= 0.6 is 0 Å². The summed E-state index contributed by atoms with van der Waals surface area (Å²) in [5, 5.41) is 0. The predicted octanol–water partition coefficient (Wildman–Crippen LogP) is 1.48. The van der Waals surface area contributed by atoms with E-state index in [1.165, 1.54) is 0 Å². The number of aromatic nitrogens is 1. The summed E-state index contributed by atoms with van der Waals surface area (Å²) < 4.78 is 26.3. The van der Waals surface area contributed by atoms with Crippen LogP contribution in [0.2, 0.25) is 0 Å². The Balaban J connectivity index is 2.08. The Hall–Kier alpha value is -1.92. The molecule has 0 spiro atoms. The molecular formula is C13H15N3O2S. The van der Waals surface area contributed by atoms with Crippen LogP contribution in [0.25, 0.3) is 0 Å². The van der Waals surface area contributed by atoms with Crippen molar-refractivity contribution in [1.82, 2.24) is 4.98 Å². The van der Waals surface area contributed by atoms with Gasteiger partial charge in [-0.15, -0.1) is 0 Å². The van der Waals surface area contributed by atoms with Gasteiger partial charge in [0.25, 0.3) is 0 Å². The van der Waals surface area contributed by atoms with E-state index in [0.717, 1.165) is 11.1 Å². The Kier molecular flexibility index (Phi) is 4.13. The standard InChI is InChI=1S/C13H15N3O2S/c14-8-12-6-7-13(15-9-12)16-19(17,18)10-11-4-2-1-3-5-11/h1-7,9H,8,10,14H2,(H,15,16). The van der Waals surface area contributed by atoms with Crippen molar-refractivity contribution >= 4 is 15.8 Å². The number of hydrogen-bond acceptors (Lipinski definition) is 4. The number of sulfonamides is 1. The molecule has 0 aliphatic heterocycles. The zero-order valence-electron chi connectivity index (χ0n) is 10.3. The number of nitrogens with zero attached hydrogens (tertiary/aromatic N) is 1. The first-order valence-corrected chi connectivity index (χ1v) is 7.44. The van der Waals surface area contributed by atoms with Gasteiger partial charge in [-0.3, -0.25) is 4.72 Å². The third kappa shape index (κ3) is 4.04. The zero-order valence-corrected chi connectivity index (χ0v) is 11.1. The van der Waals surface area contributed by atoms with E-state index in [4.69, 9.17) is 5.73 Å². The van der Waals surface area contributed by atoms with Gasteiger partial charge < -0.3 is 5.73 Å². The molecule has 0 fully saturated rings. The summed E-state index contributed by atoms with van der Waals surface area (Å²) in [4.78, 5) is 4.01. The molecule has 3 N–H and O–H groups in total. The molecule has 1 aromatic carbocycles. The van der Waals surface area contributed by atoms with Crippen LogP contribution in [-0.4, -0.2) is 13.4 Å². The summed E-state index contributed by atoms with van der Waals surface area (Å²) in [5.41, 5.74) is 7.03. The van der Waals surface area contributed by atoms with Crippen LogP contribution in [0.15, 0.2) is 48.7 Å². The predicted molar refractivity (Wildman–Crippen MR) is 74.8 cm³/mol. The highest BCUT2D eigenvalue weighted by Crippen LogP contribution is 2.11. The zero-order chi connectivity index (χ0) is 13.7. The maximum Gasteiger partial charge on any atom is 0.238 e. The average molecular weight is 277 g/mol. The second-order valence-corrected chi connectivity index (χ2v) is 5.82. The van der Waals surface area contributed by atoms with Crippen molar-refractivity contribution in [1.29, 1.82) is 0 Å². The fourth-order valence-electron chi connectivity index (χ4n) is 1.59. The molecule has 0 atom stereocenters. The molecule has 0 amide bonds. The molecule has 0 saturated carbocycles. The van der Waals surface area contributed by atoms with E-state index < -0.39 is 10.0 Å². The number of hydrogen-bond donors (Lipinski definition) is 2. The van der Waals surface area contributed by atoms with Crippen molar-refractivity contribution in [2.45, 2.75) is 12.3 Å². The fourth-order valence-corrected chi connectivity index (χ4v) is 2.74. The van der Waals surface area contributed by atoms with Gasteiger partial charge in [0.05, 0.1) is 5.75 Å². The number of nitrogens with two attached hydrogens (primary N) is 1. The SMILES string of the molecule is NCc1ccc(NS(=O)(=O)Cc2ccccc2)nc1. The Morgan fingerprint density at radius 1 is 1.05 bits per heavy atom. The van der Waals surface area contributed by atoms with Gasteiger partial charge in [0, 0.05) is 12.7 Å². The first-order chi connectivity index (χ1) is 9.09. The van der Waals surface area contributed by atoms with E-state index in [1.807, 2.05) is 6.07 Å². The molecule has 0 aliphatic carbocycles. The van der Waals surface area contributed by atoms with E-state index in [2.05, 4.69) is 9.71 Å². The lowest BCUT2D eigenvalue weighted by Crippen LogP contribution is -2.16. The van der Waals surface area contributed by atoms with Crippen molar-refractivity contribution in [3.8, 4) is 0 Å². The summed E-state index contributed by atoms with van der Waals surface area (Å²) in [6, 6.07) is 12.3. The summed E-state index contributed by atoms with van der Waals surface area (Å²) >= 11 is 0. The molecule has 1 heterocycles. The van der Waals surface area contributed by atoms with Gasteiger partial charge >= 0.3 is 0 Å². The molecule has 0 aliphatic rings. The fraction of sp³-hybridized carbons (Fsp3) is 0.154. The molecule has 6 heteroatoms. The Bertz CT molecular complexity index is 625. The molecule has 0 saturated heterocycles. The number of rotatable bonds is 5. The summed E-state index contributed by atoms with van der Waals surface area (Å²) in [7, 11) is -3.45. The Morgan fingerprint density at radius 2 is 1.79 bits per heavy atom. The van der Waals surface area contributed by atoms with Crippen LogP contribution < -0.4 is 10.5 Å². The van der Waals surface area contributed by atoms with Gasteiger partial charge in [-0.05, 0) is 17.2 Å². The number of anilines is 1. The van der Waals surface area contributed by atoms with Gasteiger partial charge in [0.15, 0.2) is 0 Å². The van der Waals surface area contributed by atoms with Crippen molar-refractivity contribution in [2.75, 3.05) is 4.72 Å². The molecule has 0 radical (unpaired) electrons. The van der Waals surface area contributed by atoms with E-state index in [1.54, 1.807) is 42.6 Å². The third-order valence-corrected chi connectivity index (χ3v) is 3.75. The van der Waals surface area contributed by atoms with Crippen molar-refractivity contribution in [3.05, 3.63) is 59.8 Å². The quantitative estimate of drug-likeness (QED) is 0.867. The molecule has 0 unspecified atom stereocenters. The summed E-state index contributed by atoms with van der Waals surface area (Å²) in [6.45, 7) is 0.379. The van der Waals surface area contributed by atoms with E-state index in [-0.39, 0.29) is 5.75 Å². The van der Waals surface area contributed by atoms with Gasteiger partial charge in [-0.25, -0.2) is 13.4 Å². The van der Waals surface area contributed by atoms with Crippen molar-refractivity contribution in [3.63, 3.8) is 0 Å². The lowest BCUT2D eigenvalue weighted by Gasteiger charge is -2.07. The summed E-state index contributed by atoms with van der Waals surface area (Å²) in [5.74, 6) is 0.224. The Labute approximate surface area is 112 Å². The molecule has 2 aromatic rings. The maximum absolute atomic E-state index is 11.9. The summed E-state index contributed by atoms with van der Waals surface area (Å²) in [6.07, 6.45) is 1.56. The minimum atomic E-state index is -3.45. The highest BCUT2D eigenvalue weighted by molar-refractivity contribution is 7.91. The third-order valence-electron chi connectivity index (χ3n) is 2.52. The lowest BCUT2D eigenvalue weighted by atomic mass is 10.2. The van der Waals surface area contributed by atoms with Crippen LogP contribution in [0, 0.1) is 0 Å². The van der Waals surface area contributed by atoms with Gasteiger partial charge in [-0.1, -0.05) is 36.4 Å². The van der Waals surface area contributed by atoms with E-state index in [0.29, 0.717) is 12.4 Å². The number of benzene rings is 1. The molecule has 19 heavy (non-hydrogen) atoms. The van der Waals surface area contributed by atoms with Gasteiger partial charge in [0.2, 0.25) is 10.0 Å². The van der Waals surface area contributed by atoms with Crippen molar-refractivity contribution < 1.29 is 8.42 Å². The topological polar surface area (TPSA) is 85.1 Å². The first kappa shape index (κ1) is 13.5. The van der Waals surface area contributed by atoms with Gasteiger partial charge in [-0.2, -0.15) is 0 Å². The highest BCUT2D eigenvalue weighted by atomic mass is 32.2. The molecule has 2 rings (SSSR count). The van der Waals surface area contributed by atoms with Crippen LogP contribution in [0.4, 0.5) is 5.82 Å². The molecule has 100 valence electrons. The van der Waals surface area contributed by atoms with Crippen LogP contribution in [0.3, 0.4) is 0 Å². The monoisotopic (exact) mass is 277 g/mol. The van der Waals surface area contributed by atoms with Gasteiger partial charge in [0.1, 0.15) is 5.82 Å². The largest absolute Gasteiger partial charge is 0.326 e. The van der Waals surface area contributed by atoms with Crippen LogP contribution in [-0.2, 0) is 22.3 Å². The Morgan fingerprint density at radius 3 is 2.37 bits per heavy atom. The molecular weight excluding hydrogens is 262 g/mol. The first-order valence-electron chi connectivity index (χ1n) is 5.78.